The van der Waals surface area contributed by atoms with Gasteiger partial charge in [-0.15, -0.1) is 0 Å². The van der Waals surface area contributed by atoms with Gasteiger partial charge < -0.3 is 10.0 Å². The van der Waals surface area contributed by atoms with Gasteiger partial charge in [-0.05, 0) is 45.2 Å². The second-order valence-electron chi connectivity index (χ2n) is 6.12. The average Bonchev–Trinajstić information content (AvgIpc) is 2.86. The highest BCUT2D eigenvalue weighted by atomic mass is 16.6. The number of non-ortho nitro benzene ring substituents is 1. The molecule has 1 atom stereocenters. The van der Waals surface area contributed by atoms with E-state index in [0.29, 0.717) is 17.7 Å². The van der Waals surface area contributed by atoms with Crippen molar-refractivity contribution in [3.05, 3.63) is 39.4 Å². The Bertz CT molecular complexity index is 578. The van der Waals surface area contributed by atoms with E-state index in [9.17, 15) is 20.0 Å². The van der Waals surface area contributed by atoms with Gasteiger partial charge in [-0.1, -0.05) is 0 Å². The van der Waals surface area contributed by atoms with Crippen molar-refractivity contribution in [1.82, 2.24) is 4.90 Å². The van der Waals surface area contributed by atoms with Crippen LogP contribution in [0.25, 0.3) is 0 Å². The van der Waals surface area contributed by atoms with Gasteiger partial charge in [0.2, 0.25) is 0 Å². The molecule has 1 aromatic rings. The van der Waals surface area contributed by atoms with E-state index in [4.69, 9.17) is 0 Å². The summed E-state index contributed by atoms with van der Waals surface area (Å²) in [6.45, 7) is 5.65. The van der Waals surface area contributed by atoms with Gasteiger partial charge in [0.25, 0.3) is 11.6 Å². The molecule has 1 saturated heterocycles. The van der Waals surface area contributed by atoms with Crippen LogP contribution in [0.3, 0.4) is 0 Å². The van der Waals surface area contributed by atoms with Gasteiger partial charge in [0.15, 0.2) is 0 Å². The number of aliphatic hydroxyl groups is 1. The SMILES string of the molecule is Cc1cc(C(=O)N2CCC[C@@H]2C(C)(C)O)cc([N+](=O)[O-])c1. The fourth-order valence-electron chi connectivity index (χ4n) is 2.90. The fourth-order valence-corrected chi connectivity index (χ4v) is 2.90. The van der Waals surface area contributed by atoms with Crippen LogP contribution in [0.2, 0.25) is 0 Å². The molecule has 21 heavy (non-hydrogen) atoms. The number of nitro benzene ring substituents is 1. The monoisotopic (exact) mass is 292 g/mol. The average molecular weight is 292 g/mol. The summed E-state index contributed by atoms with van der Waals surface area (Å²) in [4.78, 5) is 24.7. The molecule has 1 aromatic carbocycles. The lowest BCUT2D eigenvalue weighted by Crippen LogP contribution is -2.48. The van der Waals surface area contributed by atoms with E-state index in [1.807, 2.05) is 0 Å². The topological polar surface area (TPSA) is 83.7 Å². The Morgan fingerprint density at radius 1 is 1.43 bits per heavy atom. The lowest BCUT2D eigenvalue weighted by atomic mass is 9.96. The molecular formula is C15H20N2O4. The first-order valence-electron chi connectivity index (χ1n) is 6.99. The highest BCUT2D eigenvalue weighted by Crippen LogP contribution is 2.29. The van der Waals surface area contributed by atoms with Crippen LogP contribution in [0.1, 0.15) is 42.6 Å². The summed E-state index contributed by atoms with van der Waals surface area (Å²) >= 11 is 0. The molecule has 1 fully saturated rings. The third kappa shape index (κ3) is 3.21. The Hall–Kier alpha value is -1.95. The number of amides is 1. The molecule has 114 valence electrons. The van der Waals surface area contributed by atoms with Crippen LogP contribution in [0.4, 0.5) is 5.69 Å². The Morgan fingerprint density at radius 2 is 2.10 bits per heavy atom. The predicted octanol–water partition coefficient (Wildman–Crippen LogP) is 2.28. The first-order valence-corrected chi connectivity index (χ1v) is 6.99. The molecule has 6 nitrogen and oxygen atoms in total. The van der Waals surface area contributed by atoms with Crippen LogP contribution in [0.5, 0.6) is 0 Å². The molecule has 1 amide bonds. The van der Waals surface area contributed by atoms with Crippen molar-refractivity contribution in [2.45, 2.75) is 45.3 Å². The normalized spacial score (nSPS) is 18.9. The zero-order valence-electron chi connectivity index (χ0n) is 12.5. The number of hydrogen-bond acceptors (Lipinski definition) is 4. The van der Waals surface area contributed by atoms with E-state index in [2.05, 4.69) is 0 Å². The standard InChI is InChI=1S/C15H20N2O4/c1-10-7-11(9-12(8-10)17(20)21)14(18)16-6-4-5-13(16)15(2,3)19/h7-9,13,19H,4-6H2,1-3H3/t13-/m1/s1. The van der Waals surface area contributed by atoms with Crippen molar-refractivity contribution in [3.63, 3.8) is 0 Å². The summed E-state index contributed by atoms with van der Waals surface area (Å²) in [5.74, 6) is -0.258. The number of hydrogen-bond donors (Lipinski definition) is 1. The summed E-state index contributed by atoms with van der Waals surface area (Å²) in [6, 6.07) is 4.13. The van der Waals surface area contributed by atoms with Crippen molar-refractivity contribution < 1.29 is 14.8 Å². The third-order valence-electron chi connectivity index (χ3n) is 3.85. The zero-order valence-corrected chi connectivity index (χ0v) is 12.5. The molecule has 2 rings (SSSR count). The summed E-state index contributed by atoms with van der Waals surface area (Å²) in [7, 11) is 0. The van der Waals surface area contributed by atoms with Crippen molar-refractivity contribution in [2.75, 3.05) is 6.54 Å². The molecule has 0 aromatic heterocycles. The lowest BCUT2D eigenvalue weighted by molar-refractivity contribution is -0.384. The number of nitrogens with zero attached hydrogens (tertiary/aromatic N) is 2. The van der Waals surface area contributed by atoms with E-state index in [0.717, 1.165) is 12.8 Å². The number of carbonyl (C=O) groups excluding carboxylic acids is 1. The van der Waals surface area contributed by atoms with Gasteiger partial charge in [0, 0.05) is 24.2 Å². The molecule has 0 spiro atoms. The highest BCUT2D eigenvalue weighted by Gasteiger charge is 2.38. The molecule has 0 saturated carbocycles. The van der Waals surface area contributed by atoms with Crippen LogP contribution in [0, 0.1) is 17.0 Å². The van der Waals surface area contributed by atoms with E-state index in [1.54, 1.807) is 31.7 Å². The van der Waals surface area contributed by atoms with Crippen LogP contribution in [-0.2, 0) is 0 Å². The van der Waals surface area contributed by atoms with Crippen LogP contribution < -0.4 is 0 Å². The van der Waals surface area contributed by atoms with Crippen molar-refractivity contribution in [3.8, 4) is 0 Å². The number of benzene rings is 1. The molecule has 0 radical (unpaired) electrons. The number of aryl methyl sites for hydroxylation is 1. The Kier molecular flexibility index (Phi) is 4.00. The minimum absolute atomic E-state index is 0.0858. The fraction of sp³-hybridized carbons (Fsp3) is 0.533. The second kappa shape index (κ2) is 5.44. The molecule has 6 heteroatoms. The van der Waals surface area contributed by atoms with Gasteiger partial charge in [0.1, 0.15) is 0 Å². The number of rotatable bonds is 3. The molecule has 1 aliphatic heterocycles. The van der Waals surface area contributed by atoms with Crippen LogP contribution in [0.15, 0.2) is 18.2 Å². The molecular weight excluding hydrogens is 272 g/mol. The van der Waals surface area contributed by atoms with E-state index in [-0.39, 0.29) is 17.6 Å². The van der Waals surface area contributed by atoms with E-state index >= 15 is 0 Å². The van der Waals surface area contributed by atoms with Gasteiger partial charge in [0.05, 0.1) is 16.6 Å². The van der Waals surface area contributed by atoms with E-state index < -0.39 is 10.5 Å². The molecule has 0 unspecified atom stereocenters. The Balaban J connectivity index is 2.34. The number of carbonyl (C=O) groups is 1. The van der Waals surface area contributed by atoms with Gasteiger partial charge >= 0.3 is 0 Å². The second-order valence-corrected chi connectivity index (χ2v) is 6.12. The maximum atomic E-state index is 12.6. The molecule has 1 aliphatic rings. The molecule has 0 aliphatic carbocycles. The maximum absolute atomic E-state index is 12.6. The van der Waals surface area contributed by atoms with E-state index in [1.165, 1.54) is 12.1 Å². The Morgan fingerprint density at radius 3 is 2.67 bits per heavy atom. The smallest absolute Gasteiger partial charge is 0.270 e. The zero-order chi connectivity index (χ0) is 15.8. The van der Waals surface area contributed by atoms with Crippen LogP contribution in [-0.4, -0.2) is 39.0 Å². The summed E-state index contributed by atoms with van der Waals surface area (Å²) in [5.41, 5.74) is -0.0937. The first-order chi connectivity index (χ1) is 9.70. The minimum atomic E-state index is -0.984. The van der Waals surface area contributed by atoms with Gasteiger partial charge in [-0.25, -0.2) is 0 Å². The Labute approximate surface area is 123 Å². The molecule has 1 N–H and O–H groups in total. The summed E-state index contributed by atoms with van der Waals surface area (Å²) in [5, 5.41) is 21.1. The molecule has 0 bridgehead atoms. The number of likely N-dealkylation sites (tertiary alicyclic amines) is 1. The quantitative estimate of drug-likeness (QED) is 0.684. The first kappa shape index (κ1) is 15.4. The van der Waals surface area contributed by atoms with Crippen molar-refractivity contribution in [2.24, 2.45) is 0 Å². The lowest BCUT2D eigenvalue weighted by Gasteiger charge is -2.33. The van der Waals surface area contributed by atoms with Gasteiger partial charge in [-0.2, -0.15) is 0 Å². The third-order valence-corrected chi connectivity index (χ3v) is 3.85. The van der Waals surface area contributed by atoms with Crippen molar-refractivity contribution >= 4 is 11.6 Å². The summed E-state index contributed by atoms with van der Waals surface area (Å²) < 4.78 is 0. The largest absolute Gasteiger partial charge is 0.388 e. The minimum Gasteiger partial charge on any atom is -0.388 e. The van der Waals surface area contributed by atoms with Gasteiger partial charge in [-0.3, -0.25) is 14.9 Å². The molecule has 1 heterocycles. The van der Waals surface area contributed by atoms with Crippen LogP contribution >= 0.6 is 0 Å². The van der Waals surface area contributed by atoms with Crippen molar-refractivity contribution in [1.29, 1.82) is 0 Å². The highest BCUT2D eigenvalue weighted by molar-refractivity contribution is 5.95. The number of nitro groups is 1. The maximum Gasteiger partial charge on any atom is 0.270 e. The predicted molar refractivity (Wildman–Crippen MR) is 78.2 cm³/mol. The summed E-state index contributed by atoms with van der Waals surface area (Å²) in [6.07, 6.45) is 1.57.